The Balaban J connectivity index is 1.94. The van der Waals surface area contributed by atoms with Gasteiger partial charge in [-0.2, -0.15) is 0 Å². The summed E-state index contributed by atoms with van der Waals surface area (Å²) in [6.07, 6.45) is 0. The van der Waals surface area contributed by atoms with Crippen molar-refractivity contribution in [3.63, 3.8) is 0 Å². The zero-order chi connectivity index (χ0) is 9.97. The van der Waals surface area contributed by atoms with E-state index in [1.807, 2.05) is 10.8 Å². The zero-order valence-corrected chi connectivity index (χ0v) is 12.9. The van der Waals surface area contributed by atoms with Crippen molar-refractivity contribution >= 4 is 76.1 Å². The summed E-state index contributed by atoms with van der Waals surface area (Å²) in [5.41, 5.74) is 0. The van der Waals surface area contributed by atoms with E-state index in [1.54, 1.807) is 44.3 Å². The molecule has 2 aromatic rings. The lowest BCUT2D eigenvalue weighted by molar-refractivity contribution is 1.21. The van der Waals surface area contributed by atoms with Gasteiger partial charge in [-0.15, -0.1) is 22.7 Å². The maximum absolute atomic E-state index is 4.27. The third-order valence-electron chi connectivity index (χ3n) is 1.09. The summed E-state index contributed by atoms with van der Waals surface area (Å²) >= 11 is 9.89. The maximum Gasteiger partial charge on any atom is 0.162 e. The molecule has 0 unspecified atom stereocenters. The molecular formula is C6H2Br2N2S4. The third-order valence-corrected chi connectivity index (χ3v) is 7.24. The molecule has 0 aliphatic carbocycles. The highest BCUT2D eigenvalue weighted by Gasteiger charge is 2.05. The molecule has 2 heterocycles. The van der Waals surface area contributed by atoms with Crippen molar-refractivity contribution in [1.29, 1.82) is 0 Å². The van der Waals surface area contributed by atoms with Gasteiger partial charge in [-0.05, 0) is 53.4 Å². The van der Waals surface area contributed by atoms with E-state index in [4.69, 9.17) is 0 Å². The summed E-state index contributed by atoms with van der Waals surface area (Å²) in [5.74, 6) is 0. The van der Waals surface area contributed by atoms with E-state index in [1.165, 1.54) is 0 Å². The van der Waals surface area contributed by atoms with Crippen LogP contribution in [0.4, 0.5) is 0 Å². The molecule has 8 heteroatoms. The van der Waals surface area contributed by atoms with Crippen LogP contribution >= 0.6 is 76.1 Å². The number of aromatic nitrogens is 2. The first kappa shape index (κ1) is 11.4. The van der Waals surface area contributed by atoms with Gasteiger partial charge in [0.15, 0.2) is 8.68 Å². The fourth-order valence-corrected chi connectivity index (χ4v) is 5.80. The standard InChI is InChI=1S/C6H2Br2N2S4/c7-3-1-11-5(9-3)13-14-6-10-4(8)2-12-6/h1-2H. The number of halogens is 2. The largest absolute Gasteiger partial charge is 0.222 e. The van der Waals surface area contributed by atoms with Gasteiger partial charge in [0.2, 0.25) is 0 Å². The molecule has 0 aliphatic rings. The molecular weight excluding hydrogens is 388 g/mol. The van der Waals surface area contributed by atoms with Crippen LogP contribution in [0.15, 0.2) is 28.6 Å². The van der Waals surface area contributed by atoms with Gasteiger partial charge in [0.1, 0.15) is 9.21 Å². The Labute approximate surface area is 114 Å². The van der Waals surface area contributed by atoms with E-state index in [0.29, 0.717) is 0 Å². The van der Waals surface area contributed by atoms with E-state index in [9.17, 15) is 0 Å². The van der Waals surface area contributed by atoms with Gasteiger partial charge < -0.3 is 0 Å². The molecule has 0 aliphatic heterocycles. The Kier molecular flexibility index (Phi) is 4.33. The summed E-state index contributed by atoms with van der Waals surface area (Å²) in [6.45, 7) is 0. The van der Waals surface area contributed by atoms with E-state index < -0.39 is 0 Å². The average molecular weight is 390 g/mol. The topological polar surface area (TPSA) is 25.8 Å². The SMILES string of the molecule is Brc1csc(SSc2nc(Br)cs2)n1. The smallest absolute Gasteiger partial charge is 0.162 e. The summed E-state index contributed by atoms with van der Waals surface area (Å²) in [7, 11) is 3.26. The van der Waals surface area contributed by atoms with Crippen LogP contribution in [0, 0.1) is 0 Å². The number of nitrogens with zero attached hydrogens (tertiary/aromatic N) is 2. The first-order chi connectivity index (χ1) is 6.74. The normalized spacial score (nSPS) is 10.7. The van der Waals surface area contributed by atoms with Crippen molar-refractivity contribution < 1.29 is 0 Å². The van der Waals surface area contributed by atoms with Gasteiger partial charge in [-0.3, -0.25) is 0 Å². The van der Waals surface area contributed by atoms with Gasteiger partial charge in [-0.25, -0.2) is 9.97 Å². The van der Waals surface area contributed by atoms with E-state index in [0.717, 1.165) is 17.9 Å². The van der Waals surface area contributed by atoms with Crippen LogP contribution in [0.3, 0.4) is 0 Å². The van der Waals surface area contributed by atoms with Gasteiger partial charge in [0, 0.05) is 10.8 Å². The van der Waals surface area contributed by atoms with Crippen molar-refractivity contribution in [3.05, 3.63) is 20.0 Å². The molecule has 0 fully saturated rings. The summed E-state index contributed by atoms with van der Waals surface area (Å²) < 4.78 is 3.86. The molecule has 0 atom stereocenters. The predicted octanol–water partition coefficient (Wildman–Crippen LogP) is 4.92. The molecule has 14 heavy (non-hydrogen) atoms. The molecule has 2 nitrogen and oxygen atoms in total. The molecule has 0 spiro atoms. The number of hydrogen-bond acceptors (Lipinski definition) is 6. The van der Waals surface area contributed by atoms with Crippen LogP contribution in [0.1, 0.15) is 0 Å². The highest BCUT2D eigenvalue weighted by atomic mass is 79.9. The summed E-state index contributed by atoms with van der Waals surface area (Å²) in [4.78, 5) is 8.55. The predicted molar refractivity (Wildman–Crippen MR) is 71.3 cm³/mol. The third kappa shape index (κ3) is 3.21. The minimum absolute atomic E-state index is 0.894. The molecule has 0 N–H and O–H groups in total. The van der Waals surface area contributed by atoms with Crippen molar-refractivity contribution in [1.82, 2.24) is 9.97 Å². The molecule has 0 aromatic carbocycles. The first-order valence-corrected chi connectivity index (χ1v) is 8.80. The number of rotatable bonds is 3. The lowest BCUT2D eigenvalue weighted by Gasteiger charge is -1.90. The van der Waals surface area contributed by atoms with Gasteiger partial charge in [0.05, 0.1) is 0 Å². The van der Waals surface area contributed by atoms with Gasteiger partial charge in [-0.1, -0.05) is 0 Å². The maximum atomic E-state index is 4.27. The van der Waals surface area contributed by atoms with Crippen molar-refractivity contribution in [3.8, 4) is 0 Å². The van der Waals surface area contributed by atoms with Crippen LogP contribution in [0.5, 0.6) is 0 Å². The van der Waals surface area contributed by atoms with Gasteiger partial charge >= 0.3 is 0 Å². The number of thiazole rings is 2. The van der Waals surface area contributed by atoms with E-state index in [-0.39, 0.29) is 0 Å². The highest BCUT2D eigenvalue weighted by Crippen LogP contribution is 2.40. The second-order valence-corrected chi connectivity index (χ2v) is 8.00. The summed E-state index contributed by atoms with van der Waals surface area (Å²) in [6, 6.07) is 0. The fraction of sp³-hybridized carbons (Fsp3) is 0. The lowest BCUT2D eigenvalue weighted by atomic mass is 11.0. The molecule has 0 bridgehead atoms. The minimum Gasteiger partial charge on any atom is -0.222 e. The van der Waals surface area contributed by atoms with Crippen LogP contribution in [0.25, 0.3) is 0 Å². The Morgan fingerprint density at radius 2 is 1.36 bits per heavy atom. The first-order valence-electron chi connectivity index (χ1n) is 3.30. The van der Waals surface area contributed by atoms with Crippen LogP contribution in [-0.4, -0.2) is 9.97 Å². The Hall–Kier alpha value is 0.920. The summed E-state index contributed by atoms with van der Waals surface area (Å²) in [5, 5.41) is 3.95. The second-order valence-electron chi connectivity index (χ2n) is 2.04. The molecule has 0 saturated carbocycles. The molecule has 0 amide bonds. The van der Waals surface area contributed by atoms with Crippen molar-refractivity contribution in [2.24, 2.45) is 0 Å². The molecule has 2 aromatic heterocycles. The van der Waals surface area contributed by atoms with Crippen LogP contribution in [0.2, 0.25) is 0 Å². The Morgan fingerprint density at radius 1 is 0.929 bits per heavy atom. The van der Waals surface area contributed by atoms with Crippen molar-refractivity contribution in [2.75, 3.05) is 0 Å². The molecule has 0 saturated heterocycles. The lowest BCUT2D eigenvalue weighted by Crippen LogP contribution is -1.65. The molecule has 2 rings (SSSR count). The van der Waals surface area contributed by atoms with Crippen LogP contribution < -0.4 is 0 Å². The van der Waals surface area contributed by atoms with Crippen LogP contribution in [-0.2, 0) is 0 Å². The highest BCUT2D eigenvalue weighted by molar-refractivity contribution is 9.10. The molecule has 74 valence electrons. The second kappa shape index (κ2) is 5.31. The zero-order valence-electron chi connectivity index (χ0n) is 6.44. The monoisotopic (exact) mass is 388 g/mol. The fourth-order valence-electron chi connectivity index (χ4n) is 0.626. The minimum atomic E-state index is 0.894. The Bertz CT molecular complexity index is 387. The number of hydrogen-bond donors (Lipinski definition) is 0. The quantitative estimate of drug-likeness (QED) is 0.695. The van der Waals surface area contributed by atoms with E-state index in [2.05, 4.69) is 41.8 Å². The Morgan fingerprint density at radius 3 is 1.64 bits per heavy atom. The van der Waals surface area contributed by atoms with Gasteiger partial charge in [0.25, 0.3) is 0 Å². The van der Waals surface area contributed by atoms with E-state index >= 15 is 0 Å². The van der Waals surface area contributed by atoms with Crippen molar-refractivity contribution in [2.45, 2.75) is 8.68 Å². The molecule has 0 radical (unpaired) electrons. The average Bonchev–Trinajstić information content (AvgIpc) is 2.72.